The Kier molecular flexibility index (Phi) is 7.50. The number of aryl methyl sites for hydroxylation is 1. The van der Waals surface area contributed by atoms with Crippen molar-refractivity contribution < 1.29 is 17.9 Å². The van der Waals surface area contributed by atoms with Crippen LogP contribution in [0.3, 0.4) is 0 Å². The maximum atomic E-state index is 13.0. The number of nitrogens with zero attached hydrogens (tertiary/aromatic N) is 4. The second-order valence-electron chi connectivity index (χ2n) is 8.11. The molecule has 0 aliphatic carbocycles. The molecule has 1 aliphatic rings. The van der Waals surface area contributed by atoms with Gasteiger partial charge in [0.15, 0.2) is 5.16 Å². The van der Waals surface area contributed by atoms with E-state index in [2.05, 4.69) is 16.4 Å². The van der Waals surface area contributed by atoms with E-state index in [0.717, 1.165) is 5.52 Å². The Hall–Kier alpha value is -2.13. The Morgan fingerprint density at radius 3 is 2.66 bits per heavy atom. The molecule has 1 fully saturated rings. The Morgan fingerprint density at radius 2 is 2.06 bits per heavy atom. The van der Waals surface area contributed by atoms with E-state index in [1.807, 2.05) is 25.3 Å². The van der Waals surface area contributed by atoms with Crippen LogP contribution in [0.15, 0.2) is 28.3 Å². The third-order valence-electron chi connectivity index (χ3n) is 5.73. The van der Waals surface area contributed by atoms with Crippen molar-refractivity contribution >= 4 is 38.7 Å². The van der Waals surface area contributed by atoms with E-state index in [1.54, 1.807) is 25.1 Å². The summed E-state index contributed by atoms with van der Waals surface area (Å²) in [5.74, 6) is -0.182. The quantitative estimate of drug-likeness (QED) is 0.577. The largest absolute Gasteiger partial charge is 0.379 e. The first-order chi connectivity index (χ1) is 15.1. The van der Waals surface area contributed by atoms with Gasteiger partial charge in [-0.25, -0.2) is 13.4 Å². The number of thioether (sulfide) groups is 1. The lowest BCUT2D eigenvalue weighted by Gasteiger charge is -2.27. The average Bonchev–Trinajstić information content (AvgIpc) is 3.14. The van der Waals surface area contributed by atoms with Gasteiger partial charge in [-0.1, -0.05) is 25.6 Å². The van der Waals surface area contributed by atoms with Gasteiger partial charge in [-0.2, -0.15) is 9.57 Å². The van der Waals surface area contributed by atoms with Gasteiger partial charge in [-0.3, -0.25) is 4.79 Å². The molecule has 1 aromatic carbocycles. The number of benzene rings is 1. The van der Waals surface area contributed by atoms with E-state index < -0.39 is 15.6 Å². The maximum Gasteiger partial charge on any atom is 0.243 e. The number of nitrogens with one attached hydrogen (secondary N) is 1. The number of rotatable bonds is 8. The van der Waals surface area contributed by atoms with Crippen LogP contribution in [0.1, 0.15) is 27.7 Å². The zero-order chi connectivity index (χ0) is 23.5. The third-order valence-corrected chi connectivity index (χ3v) is 8.60. The van der Waals surface area contributed by atoms with Crippen molar-refractivity contribution in [2.45, 2.75) is 49.8 Å². The van der Waals surface area contributed by atoms with Crippen molar-refractivity contribution in [1.82, 2.24) is 19.2 Å². The fourth-order valence-corrected chi connectivity index (χ4v) is 5.66. The summed E-state index contributed by atoms with van der Waals surface area (Å²) < 4.78 is 34.6. The van der Waals surface area contributed by atoms with Crippen LogP contribution in [0.5, 0.6) is 0 Å². The van der Waals surface area contributed by atoms with Gasteiger partial charge in [0.25, 0.3) is 0 Å². The molecule has 1 aliphatic heterocycles. The fourth-order valence-electron chi connectivity index (χ4n) is 3.36. The lowest BCUT2D eigenvalue weighted by Crippen LogP contribution is -2.49. The Bertz CT molecular complexity index is 1130. The van der Waals surface area contributed by atoms with Crippen molar-refractivity contribution in [2.75, 3.05) is 32.1 Å². The highest BCUT2D eigenvalue weighted by Crippen LogP contribution is 2.28. The van der Waals surface area contributed by atoms with Crippen LogP contribution < -0.4 is 5.32 Å². The smallest absolute Gasteiger partial charge is 0.243 e. The Morgan fingerprint density at radius 1 is 1.38 bits per heavy atom. The summed E-state index contributed by atoms with van der Waals surface area (Å²) in [4.78, 5) is 17.3. The molecule has 11 heteroatoms. The lowest BCUT2D eigenvalue weighted by molar-refractivity contribution is -0.120. The molecule has 1 amide bonds. The molecule has 9 nitrogen and oxygen atoms in total. The number of nitriles is 1. The van der Waals surface area contributed by atoms with Gasteiger partial charge in [0, 0.05) is 19.6 Å². The van der Waals surface area contributed by atoms with Crippen molar-refractivity contribution in [2.24, 2.45) is 5.92 Å². The van der Waals surface area contributed by atoms with Crippen LogP contribution in [0.2, 0.25) is 0 Å². The SMILES string of the molecule is CCn1c(SCC(=O)N[C@@](C)(C#N)C(C)C)nc2cc(S(=O)(=O)N3CCOCC3)ccc21. The molecule has 32 heavy (non-hydrogen) atoms. The monoisotopic (exact) mass is 479 g/mol. The van der Waals surface area contributed by atoms with E-state index in [1.165, 1.54) is 16.1 Å². The molecule has 3 rings (SSSR count). The second-order valence-corrected chi connectivity index (χ2v) is 11.0. The molecule has 2 aromatic rings. The Labute approximate surface area is 193 Å². The first-order valence-electron chi connectivity index (χ1n) is 10.6. The summed E-state index contributed by atoms with van der Waals surface area (Å²) in [6.45, 7) is 9.50. The molecule has 1 aromatic heterocycles. The number of sulfonamides is 1. The number of ether oxygens (including phenoxy) is 1. The minimum absolute atomic E-state index is 0.0338. The number of hydrogen-bond donors (Lipinski definition) is 1. The molecule has 174 valence electrons. The van der Waals surface area contributed by atoms with Crippen LogP contribution in [0.4, 0.5) is 0 Å². The lowest BCUT2D eigenvalue weighted by atomic mass is 9.90. The average molecular weight is 480 g/mol. The molecule has 0 saturated carbocycles. The van der Waals surface area contributed by atoms with Gasteiger partial charge >= 0.3 is 0 Å². The standard InChI is InChI=1S/C21H29N5O4S2/c1-5-26-18-7-6-16(32(28,29)25-8-10-30-11-9-25)12-17(18)23-20(26)31-13-19(27)24-21(4,14-22)15(2)3/h6-7,12,15H,5,8-11,13H2,1-4H3,(H,24,27)/t21-/m0/s1. The van der Waals surface area contributed by atoms with Crippen molar-refractivity contribution in [3.05, 3.63) is 18.2 Å². The minimum Gasteiger partial charge on any atom is -0.379 e. The summed E-state index contributed by atoms with van der Waals surface area (Å²) in [5, 5.41) is 12.8. The third kappa shape index (κ3) is 4.93. The van der Waals surface area contributed by atoms with E-state index >= 15 is 0 Å². The summed E-state index contributed by atoms with van der Waals surface area (Å²) in [6, 6.07) is 7.11. The summed E-state index contributed by atoms with van der Waals surface area (Å²) >= 11 is 1.26. The molecule has 1 atom stereocenters. The number of amides is 1. The number of aromatic nitrogens is 2. The second kappa shape index (κ2) is 9.79. The number of imidazole rings is 1. The summed E-state index contributed by atoms with van der Waals surface area (Å²) in [7, 11) is -3.62. The maximum absolute atomic E-state index is 13.0. The van der Waals surface area contributed by atoms with Gasteiger partial charge in [0.1, 0.15) is 5.54 Å². The highest BCUT2D eigenvalue weighted by Gasteiger charge is 2.30. The number of carbonyl (C=O) groups excluding carboxylic acids is 1. The minimum atomic E-state index is -3.62. The molecule has 0 bridgehead atoms. The highest BCUT2D eigenvalue weighted by atomic mass is 32.2. The zero-order valence-electron chi connectivity index (χ0n) is 18.8. The van der Waals surface area contributed by atoms with E-state index in [4.69, 9.17) is 4.74 Å². The van der Waals surface area contributed by atoms with E-state index in [-0.39, 0.29) is 22.5 Å². The van der Waals surface area contributed by atoms with Crippen LogP contribution in [-0.4, -0.2) is 65.8 Å². The van der Waals surface area contributed by atoms with Gasteiger partial charge in [0.05, 0.1) is 41.0 Å². The molecule has 0 spiro atoms. The van der Waals surface area contributed by atoms with Crippen LogP contribution in [-0.2, 0) is 26.1 Å². The zero-order valence-corrected chi connectivity index (χ0v) is 20.4. The molecule has 0 radical (unpaired) electrons. The molecular formula is C21H29N5O4S2. The van der Waals surface area contributed by atoms with Crippen molar-refractivity contribution in [3.8, 4) is 6.07 Å². The predicted molar refractivity (Wildman–Crippen MR) is 123 cm³/mol. The van der Waals surface area contributed by atoms with Crippen LogP contribution >= 0.6 is 11.8 Å². The van der Waals surface area contributed by atoms with Gasteiger partial charge in [0.2, 0.25) is 15.9 Å². The number of morpholine rings is 1. The van der Waals surface area contributed by atoms with Crippen LogP contribution in [0, 0.1) is 17.2 Å². The first-order valence-corrected chi connectivity index (χ1v) is 13.0. The number of carbonyl (C=O) groups is 1. The predicted octanol–water partition coefficient (Wildman–Crippen LogP) is 2.22. The molecular weight excluding hydrogens is 450 g/mol. The summed E-state index contributed by atoms with van der Waals surface area (Å²) in [5.41, 5.74) is 0.430. The highest BCUT2D eigenvalue weighted by molar-refractivity contribution is 7.99. The van der Waals surface area contributed by atoms with E-state index in [9.17, 15) is 18.5 Å². The fraction of sp³-hybridized carbons (Fsp3) is 0.571. The normalized spacial score (nSPS) is 17.2. The van der Waals surface area contributed by atoms with Gasteiger partial charge < -0.3 is 14.6 Å². The first kappa shape index (κ1) is 24.5. The molecule has 1 N–H and O–H groups in total. The molecule has 1 saturated heterocycles. The number of fused-ring (bicyclic) bond motifs is 1. The number of hydrogen-bond acceptors (Lipinski definition) is 7. The summed E-state index contributed by atoms with van der Waals surface area (Å²) in [6.07, 6.45) is 0. The van der Waals surface area contributed by atoms with Gasteiger partial charge in [-0.15, -0.1) is 0 Å². The van der Waals surface area contributed by atoms with Crippen molar-refractivity contribution in [3.63, 3.8) is 0 Å². The molecule has 0 unspecified atom stereocenters. The molecule has 2 heterocycles. The van der Waals surface area contributed by atoms with Crippen molar-refractivity contribution in [1.29, 1.82) is 5.26 Å². The van der Waals surface area contributed by atoms with Crippen LogP contribution in [0.25, 0.3) is 11.0 Å². The Balaban J connectivity index is 1.81. The van der Waals surface area contributed by atoms with E-state index in [0.29, 0.717) is 43.5 Å². The van der Waals surface area contributed by atoms with Gasteiger partial charge in [-0.05, 0) is 38.0 Å². The topological polar surface area (TPSA) is 117 Å².